The Morgan fingerprint density at radius 1 is 1.22 bits per heavy atom. The minimum absolute atomic E-state index is 0.215. The van der Waals surface area contributed by atoms with E-state index >= 15 is 0 Å². The van der Waals surface area contributed by atoms with Gasteiger partial charge in [0.1, 0.15) is 0 Å². The van der Waals surface area contributed by atoms with Crippen LogP contribution in [0.2, 0.25) is 0 Å². The number of hydrogen-bond acceptors (Lipinski definition) is 2. The Kier molecular flexibility index (Phi) is 4.72. The fourth-order valence-electron chi connectivity index (χ4n) is 0.396. The zero-order valence-corrected chi connectivity index (χ0v) is 6.68. The number of hydrogen-bond donors (Lipinski definition) is 0. The van der Waals surface area contributed by atoms with Gasteiger partial charge in [0.2, 0.25) is 0 Å². The van der Waals surface area contributed by atoms with E-state index in [0.717, 1.165) is 0 Å². The second kappa shape index (κ2) is 4.77. The predicted octanol–water partition coefficient (Wildman–Crippen LogP) is 1.45. The molecular formula is C7H16O2. The first-order chi connectivity index (χ1) is 4.16. The smallest absolute Gasteiger partial charge is 0.0776 e. The van der Waals surface area contributed by atoms with Crippen LogP contribution < -0.4 is 0 Å². The van der Waals surface area contributed by atoms with E-state index in [9.17, 15) is 0 Å². The third-order valence-corrected chi connectivity index (χ3v) is 1.07. The van der Waals surface area contributed by atoms with Crippen LogP contribution in [-0.4, -0.2) is 25.9 Å². The Balaban J connectivity index is 3.06. The molecule has 0 bridgehead atoms. The maximum atomic E-state index is 5.27. The van der Waals surface area contributed by atoms with Crippen molar-refractivity contribution in [1.82, 2.24) is 0 Å². The third-order valence-electron chi connectivity index (χ3n) is 1.07. The summed E-state index contributed by atoms with van der Waals surface area (Å²) in [5.41, 5.74) is 0. The summed E-state index contributed by atoms with van der Waals surface area (Å²) in [6, 6.07) is 0. The van der Waals surface area contributed by atoms with Gasteiger partial charge >= 0.3 is 0 Å². The Morgan fingerprint density at radius 3 is 2.11 bits per heavy atom. The van der Waals surface area contributed by atoms with Crippen molar-refractivity contribution in [2.24, 2.45) is 0 Å². The number of methoxy groups -OCH3 is 1. The maximum absolute atomic E-state index is 5.27. The normalized spacial score (nSPS) is 14.3. The minimum Gasteiger partial charge on any atom is -0.379 e. The molecule has 0 spiro atoms. The Labute approximate surface area is 57.2 Å². The van der Waals surface area contributed by atoms with E-state index in [1.165, 1.54) is 0 Å². The van der Waals surface area contributed by atoms with Crippen LogP contribution in [0.4, 0.5) is 0 Å². The van der Waals surface area contributed by atoms with Crippen molar-refractivity contribution in [1.29, 1.82) is 0 Å². The van der Waals surface area contributed by atoms with E-state index in [1.54, 1.807) is 7.11 Å². The monoisotopic (exact) mass is 132 g/mol. The van der Waals surface area contributed by atoms with Crippen molar-refractivity contribution in [3.05, 3.63) is 0 Å². The lowest BCUT2D eigenvalue weighted by Gasteiger charge is -2.11. The first-order valence-corrected chi connectivity index (χ1v) is 3.31. The molecule has 0 heterocycles. The van der Waals surface area contributed by atoms with Crippen LogP contribution in [0.25, 0.3) is 0 Å². The van der Waals surface area contributed by atoms with Gasteiger partial charge in [0, 0.05) is 7.11 Å². The molecule has 0 fully saturated rings. The molecule has 56 valence electrons. The standard InChI is InChI=1S/C7H16O2/c1-6(2)9-5-7(3)8-4/h6-7H,5H2,1-4H3. The van der Waals surface area contributed by atoms with E-state index < -0.39 is 0 Å². The van der Waals surface area contributed by atoms with Crippen LogP contribution in [0, 0.1) is 0 Å². The average Bonchev–Trinajstić information content (AvgIpc) is 1.83. The van der Waals surface area contributed by atoms with E-state index in [1.807, 2.05) is 20.8 Å². The van der Waals surface area contributed by atoms with E-state index in [-0.39, 0.29) is 6.10 Å². The largest absolute Gasteiger partial charge is 0.379 e. The topological polar surface area (TPSA) is 18.5 Å². The highest BCUT2D eigenvalue weighted by Crippen LogP contribution is 1.92. The average molecular weight is 132 g/mol. The molecule has 0 saturated carbocycles. The Hall–Kier alpha value is -0.0800. The predicted molar refractivity (Wildman–Crippen MR) is 37.6 cm³/mol. The molecule has 2 nitrogen and oxygen atoms in total. The lowest BCUT2D eigenvalue weighted by molar-refractivity contribution is -0.00686. The first-order valence-electron chi connectivity index (χ1n) is 3.31. The highest BCUT2D eigenvalue weighted by atomic mass is 16.5. The van der Waals surface area contributed by atoms with Crippen LogP contribution in [-0.2, 0) is 9.47 Å². The number of rotatable bonds is 4. The van der Waals surface area contributed by atoms with Crippen LogP contribution >= 0.6 is 0 Å². The van der Waals surface area contributed by atoms with Gasteiger partial charge in [0.05, 0.1) is 18.8 Å². The van der Waals surface area contributed by atoms with Crippen molar-refractivity contribution in [3.8, 4) is 0 Å². The van der Waals surface area contributed by atoms with E-state index in [0.29, 0.717) is 12.7 Å². The highest BCUT2D eigenvalue weighted by molar-refractivity contribution is 4.46. The van der Waals surface area contributed by atoms with Gasteiger partial charge in [-0.05, 0) is 20.8 Å². The summed E-state index contributed by atoms with van der Waals surface area (Å²) < 4.78 is 10.2. The fourth-order valence-corrected chi connectivity index (χ4v) is 0.396. The maximum Gasteiger partial charge on any atom is 0.0776 e. The van der Waals surface area contributed by atoms with E-state index in [4.69, 9.17) is 9.47 Å². The molecule has 0 rings (SSSR count). The van der Waals surface area contributed by atoms with Crippen molar-refractivity contribution in [3.63, 3.8) is 0 Å². The molecule has 0 aromatic rings. The lowest BCUT2D eigenvalue weighted by Crippen LogP contribution is -2.16. The molecule has 0 aliphatic heterocycles. The molecule has 9 heavy (non-hydrogen) atoms. The van der Waals surface area contributed by atoms with Gasteiger partial charge in [-0.1, -0.05) is 0 Å². The van der Waals surface area contributed by atoms with Crippen molar-refractivity contribution >= 4 is 0 Å². The van der Waals surface area contributed by atoms with Crippen LogP contribution in [0.3, 0.4) is 0 Å². The SMILES string of the molecule is COC(C)COC(C)C. The molecule has 0 aromatic heterocycles. The minimum atomic E-state index is 0.215. The molecule has 0 N–H and O–H groups in total. The number of ether oxygens (including phenoxy) is 2. The lowest BCUT2D eigenvalue weighted by atomic mass is 10.4. The summed E-state index contributed by atoms with van der Waals surface area (Å²) in [6.07, 6.45) is 0.523. The molecule has 0 radical (unpaired) electrons. The molecule has 1 unspecified atom stereocenters. The second-order valence-corrected chi connectivity index (χ2v) is 2.43. The molecule has 0 aliphatic rings. The molecule has 1 atom stereocenters. The van der Waals surface area contributed by atoms with Crippen molar-refractivity contribution in [2.75, 3.05) is 13.7 Å². The van der Waals surface area contributed by atoms with E-state index in [2.05, 4.69) is 0 Å². The molecule has 0 aliphatic carbocycles. The van der Waals surface area contributed by atoms with Gasteiger partial charge < -0.3 is 9.47 Å². The van der Waals surface area contributed by atoms with Crippen LogP contribution in [0.15, 0.2) is 0 Å². The zero-order chi connectivity index (χ0) is 7.28. The quantitative estimate of drug-likeness (QED) is 0.576. The van der Waals surface area contributed by atoms with Gasteiger partial charge in [0.25, 0.3) is 0 Å². The van der Waals surface area contributed by atoms with Crippen LogP contribution in [0.5, 0.6) is 0 Å². The Bertz CT molecular complexity index is 61.9. The summed E-state index contributed by atoms with van der Waals surface area (Å²) in [5, 5.41) is 0. The molecular weight excluding hydrogens is 116 g/mol. The second-order valence-electron chi connectivity index (χ2n) is 2.43. The third kappa shape index (κ3) is 5.80. The molecule has 2 heteroatoms. The first kappa shape index (κ1) is 8.92. The summed E-state index contributed by atoms with van der Waals surface area (Å²) in [5.74, 6) is 0. The zero-order valence-electron chi connectivity index (χ0n) is 6.68. The summed E-state index contributed by atoms with van der Waals surface area (Å²) >= 11 is 0. The van der Waals surface area contributed by atoms with Gasteiger partial charge in [-0.2, -0.15) is 0 Å². The molecule has 0 amide bonds. The van der Waals surface area contributed by atoms with Gasteiger partial charge in [-0.25, -0.2) is 0 Å². The Morgan fingerprint density at radius 2 is 1.78 bits per heavy atom. The molecule has 0 aromatic carbocycles. The molecule has 0 saturated heterocycles. The fraction of sp³-hybridized carbons (Fsp3) is 1.00. The summed E-state index contributed by atoms with van der Waals surface area (Å²) in [7, 11) is 1.69. The van der Waals surface area contributed by atoms with Gasteiger partial charge in [0.15, 0.2) is 0 Å². The van der Waals surface area contributed by atoms with Gasteiger partial charge in [-0.15, -0.1) is 0 Å². The van der Waals surface area contributed by atoms with Gasteiger partial charge in [-0.3, -0.25) is 0 Å². The summed E-state index contributed by atoms with van der Waals surface area (Å²) in [6.45, 7) is 6.71. The highest BCUT2D eigenvalue weighted by Gasteiger charge is 1.99. The summed E-state index contributed by atoms with van der Waals surface area (Å²) in [4.78, 5) is 0. The van der Waals surface area contributed by atoms with Crippen molar-refractivity contribution in [2.45, 2.75) is 33.0 Å². The van der Waals surface area contributed by atoms with Crippen LogP contribution in [0.1, 0.15) is 20.8 Å². The van der Waals surface area contributed by atoms with Crippen molar-refractivity contribution < 1.29 is 9.47 Å².